The molecule has 0 unspecified atom stereocenters. The van der Waals surface area contributed by atoms with Gasteiger partial charge in [0.2, 0.25) is 0 Å². The number of carbonyl (C=O) groups excluding carboxylic acids is 1. The quantitative estimate of drug-likeness (QED) is 0.559. The van der Waals surface area contributed by atoms with Gasteiger partial charge in [0.05, 0.1) is 11.2 Å². The Morgan fingerprint density at radius 3 is 2.41 bits per heavy atom. The van der Waals surface area contributed by atoms with Gasteiger partial charge in [-0.3, -0.25) is 4.79 Å². The van der Waals surface area contributed by atoms with Crippen LogP contribution in [0.15, 0.2) is 72.8 Å². The molecular formula is C22H18FN3O. The number of carbonyl (C=O) groups is 1. The molecule has 1 amide bonds. The van der Waals surface area contributed by atoms with Crippen LogP contribution in [-0.4, -0.2) is 15.7 Å². The average Bonchev–Trinajstić information content (AvgIpc) is 3.09. The van der Waals surface area contributed by atoms with Crippen LogP contribution in [0.5, 0.6) is 0 Å². The molecule has 1 N–H and O–H groups in total. The number of aromatic nitrogens is 2. The van der Waals surface area contributed by atoms with Crippen LogP contribution in [0.2, 0.25) is 0 Å². The van der Waals surface area contributed by atoms with Gasteiger partial charge in [0.15, 0.2) is 5.69 Å². The SMILES string of the molecule is CCc1ccc(NC(=O)c2nn(-c3ccc(F)cc3)c3ccccc23)cc1. The van der Waals surface area contributed by atoms with Gasteiger partial charge in [-0.1, -0.05) is 37.3 Å². The van der Waals surface area contributed by atoms with E-state index in [1.54, 1.807) is 16.8 Å². The molecule has 134 valence electrons. The third-order valence-electron chi connectivity index (χ3n) is 4.49. The van der Waals surface area contributed by atoms with E-state index in [9.17, 15) is 9.18 Å². The van der Waals surface area contributed by atoms with Gasteiger partial charge in [-0.2, -0.15) is 5.10 Å². The number of halogens is 1. The normalized spacial score (nSPS) is 10.9. The van der Waals surface area contributed by atoms with E-state index in [0.717, 1.165) is 23.0 Å². The number of anilines is 1. The van der Waals surface area contributed by atoms with Gasteiger partial charge >= 0.3 is 0 Å². The molecule has 0 radical (unpaired) electrons. The van der Waals surface area contributed by atoms with Gasteiger partial charge in [0.25, 0.3) is 5.91 Å². The lowest BCUT2D eigenvalue weighted by atomic mass is 10.1. The first-order valence-corrected chi connectivity index (χ1v) is 8.79. The molecule has 27 heavy (non-hydrogen) atoms. The number of benzene rings is 3. The molecule has 4 nitrogen and oxygen atoms in total. The van der Waals surface area contributed by atoms with Crippen LogP contribution in [0.1, 0.15) is 23.0 Å². The van der Waals surface area contributed by atoms with Crippen LogP contribution in [0.25, 0.3) is 16.6 Å². The summed E-state index contributed by atoms with van der Waals surface area (Å²) in [5.74, 6) is -0.597. The van der Waals surface area contributed by atoms with E-state index in [4.69, 9.17) is 0 Å². The van der Waals surface area contributed by atoms with Crippen LogP contribution in [0, 0.1) is 5.82 Å². The third kappa shape index (κ3) is 3.31. The summed E-state index contributed by atoms with van der Waals surface area (Å²) < 4.78 is 14.9. The molecule has 0 saturated heterocycles. The van der Waals surface area contributed by atoms with Gasteiger partial charge in [0, 0.05) is 11.1 Å². The summed E-state index contributed by atoms with van der Waals surface area (Å²) in [6.07, 6.45) is 0.945. The zero-order chi connectivity index (χ0) is 18.8. The van der Waals surface area contributed by atoms with Gasteiger partial charge in [-0.15, -0.1) is 0 Å². The minimum atomic E-state index is -0.316. The van der Waals surface area contributed by atoms with Crippen molar-refractivity contribution in [1.82, 2.24) is 9.78 Å². The minimum absolute atomic E-state index is 0.281. The lowest BCUT2D eigenvalue weighted by Gasteiger charge is -2.05. The topological polar surface area (TPSA) is 46.9 Å². The molecule has 0 atom stereocenters. The molecule has 0 aliphatic rings. The summed E-state index contributed by atoms with van der Waals surface area (Å²) in [6, 6.07) is 21.3. The largest absolute Gasteiger partial charge is 0.321 e. The average molecular weight is 359 g/mol. The molecule has 0 aliphatic carbocycles. The first-order valence-electron chi connectivity index (χ1n) is 8.79. The van der Waals surface area contributed by atoms with Crippen molar-refractivity contribution < 1.29 is 9.18 Å². The molecule has 0 fully saturated rings. The molecule has 3 aromatic carbocycles. The minimum Gasteiger partial charge on any atom is -0.321 e. The highest BCUT2D eigenvalue weighted by Crippen LogP contribution is 2.23. The van der Waals surface area contributed by atoms with Gasteiger partial charge < -0.3 is 5.32 Å². The number of hydrogen-bond donors (Lipinski definition) is 1. The van der Waals surface area contributed by atoms with Crippen LogP contribution < -0.4 is 5.32 Å². The molecular weight excluding hydrogens is 341 g/mol. The molecule has 4 rings (SSSR count). The number of aryl methyl sites for hydroxylation is 1. The number of nitrogens with one attached hydrogen (secondary N) is 1. The van der Waals surface area contributed by atoms with E-state index < -0.39 is 0 Å². The van der Waals surface area contributed by atoms with E-state index in [0.29, 0.717) is 11.4 Å². The molecule has 1 aromatic heterocycles. The predicted molar refractivity (Wildman–Crippen MR) is 105 cm³/mol. The fourth-order valence-electron chi connectivity index (χ4n) is 3.03. The first kappa shape index (κ1) is 17.0. The van der Waals surface area contributed by atoms with Crippen molar-refractivity contribution in [3.63, 3.8) is 0 Å². The van der Waals surface area contributed by atoms with Crippen LogP contribution >= 0.6 is 0 Å². The molecule has 0 bridgehead atoms. The van der Waals surface area contributed by atoms with Crippen molar-refractivity contribution in [2.24, 2.45) is 0 Å². The highest BCUT2D eigenvalue weighted by Gasteiger charge is 2.18. The smallest absolute Gasteiger partial charge is 0.276 e. The zero-order valence-electron chi connectivity index (χ0n) is 14.8. The Kier molecular flexibility index (Phi) is 4.42. The van der Waals surface area contributed by atoms with Crippen molar-refractivity contribution in [1.29, 1.82) is 0 Å². The number of amides is 1. The van der Waals surface area contributed by atoms with Crippen molar-refractivity contribution in [2.75, 3.05) is 5.32 Å². The van der Waals surface area contributed by atoms with Gasteiger partial charge in [0.1, 0.15) is 5.82 Å². The van der Waals surface area contributed by atoms with Crippen LogP contribution in [0.3, 0.4) is 0 Å². The second-order valence-electron chi connectivity index (χ2n) is 6.26. The molecule has 0 aliphatic heterocycles. The first-order chi connectivity index (χ1) is 13.2. The maximum Gasteiger partial charge on any atom is 0.276 e. The molecule has 1 heterocycles. The van der Waals surface area contributed by atoms with E-state index in [-0.39, 0.29) is 11.7 Å². The number of rotatable bonds is 4. The zero-order valence-corrected chi connectivity index (χ0v) is 14.8. The monoisotopic (exact) mass is 359 g/mol. The lowest BCUT2D eigenvalue weighted by Crippen LogP contribution is -2.13. The van der Waals surface area contributed by atoms with E-state index in [1.165, 1.54) is 17.7 Å². The second-order valence-corrected chi connectivity index (χ2v) is 6.26. The Morgan fingerprint density at radius 1 is 1.00 bits per heavy atom. The summed E-state index contributed by atoms with van der Waals surface area (Å²) in [5, 5.41) is 8.14. The summed E-state index contributed by atoms with van der Waals surface area (Å²) >= 11 is 0. The van der Waals surface area contributed by atoms with E-state index in [1.807, 2.05) is 48.5 Å². The highest BCUT2D eigenvalue weighted by atomic mass is 19.1. The van der Waals surface area contributed by atoms with Gasteiger partial charge in [-0.05, 0) is 54.4 Å². The Balaban J connectivity index is 1.72. The molecule has 0 spiro atoms. The fraction of sp³-hybridized carbons (Fsp3) is 0.0909. The summed E-state index contributed by atoms with van der Waals surface area (Å²) in [5.41, 5.74) is 3.74. The highest BCUT2D eigenvalue weighted by molar-refractivity contribution is 6.11. The summed E-state index contributed by atoms with van der Waals surface area (Å²) in [7, 11) is 0. The Morgan fingerprint density at radius 2 is 1.70 bits per heavy atom. The fourth-order valence-corrected chi connectivity index (χ4v) is 3.03. The van der Waals surface area contributed by atoms with Crippen molar-refractivity contribution >= 4 is 22.5 Å². The standard InChI is InChI=1S/C22H18FN3O/c1-2-15-7-11-17(12-8-15)24-22(27)21-19-5-3-4-6-20(19)26(25-21)18-13-9-16(23)10-14-18/h3-14H,2H2,1H3,(H,24,27). The molecule has 5 heteroatoms. The lowest BCUT2D eigenvalue weighted by molar-refractivity contribution is 0.102. The number of fused-ring (bicyclic) bond motifs is 1. The molecule has 4 aromatic rings. The Hall–Kier alpha value is -3.47. The summed E-state index contributed by atoms with van der Waals surface area (Å²) in [4.78, 5) is 12.8. The van der Waals surface area contributed by atoms with E-state index >= 15 is 0 Å². The van der Waals surface area contributed by atoms with Gasteiger partial charge in [-0.25, -0.2) is 9.07 Å². The van der Waals surface area contributed by atoms with Crippen molar-refractivity contribution in [3.05, 3.63) is 89.9 Å². The summed E-state index contributed by atoms with van der Waals surface area (Å²) in [6.45, 7) is 2.09. The number of para-hydroxylation sites is 1. The molecule has 0 saturated carbocycles. The maximum absolute atomic E-state index is 13.3. The Bertz CT molecular complexity index is 1100. The van der Waals surface area contributed by atoms with Crippen molar-refractivity contribution in [3.8, 4) is 5.69 Å². The third-order valence-corrected chi connectivity index (χ3v) is 4.49. The second kappa shape index (κ2) is 7.03. The van der Waals surface area contributed by atoms with Crippen LogP contribution in [0.4, 0.5) is 10.1 Å². The number of hydrogen-bond acceptors (Lipinski definition) is 2. The van der Waals surface area contributed by atoms with E-state index in [2.05, 4.69) is 17.3 Å². The predicted octanol–water partition coefficient (Wildman–Crippen LogP) is 4.98. The maximum atomic E-state index is 13.3. The van der Waals surface area contributed by atoms with Crippen molar-refractivity contribution in [2.45, 2.75) is 13.3 Å². The number of nitrogens with zero attached hydrogens (tertiary/aromatic N) is 2. The Labute approximate surface area is 156 Å². The van der Waals surface area contributed by atoms with Crippen LogP contribution in [-0.2, 0) is 6.42 Å².